The van der Waals surface area contributed by atoms with Gasteiger partial charge in [-0.1, -0.05) is 6.92 Å². The van der Waals surface area contributed by atoms with Gasteiger partial charge in [-0.2, -0.15) is 11.8 Å². The van der Waals surface area contributed by atoms with E-state index in [9.17, 15) is 4.79 Å². The van der Waals surface area contributed by atoms with E-state index in [2.05, 4.69) is 18.5 Å². The largest absolute Gasteiger partial charge is 0.447 e. The molecule has 0 spiro atoms. The van der Waals surface area contributed by atoms with E-state index in [-0.39, 0.29) is 12.2 Å². The summed E-state index contributed by atoms with van der Waals surface area (Å²) >= 11 is 1.78. The standard InChI is InChI=1S/C9H19NO2S/c1-7(2)12-9(11)10-5-8(3)6-13-4/h7-8H,5-6H2,1-4H3,(H,10,11). The number of hydrogen-bond donors (Lipinski definition) is 1. The van der Waals surface area contributed by atoms with E-state index < -0.39 is 0 Å². The Bertz CT molecular complexity index is 151. The second-order valence-electron chi connectivity index (χ2n) is 3.40. The van der Waals surface area contributed by atoms with E-state index in [1.165, 1.54) is 0 Å². The Kier molecular flexibility index (Phi) is 6.86. The first-order valence-corrected chi connectivity index (χ1v) is 5.89. The molecule has 0 aromatic heterocycles. The van der Waals surface area contributed by atoms with Crippen LogP contribution in [-0.2, 0) is 4.74 Å². The highest BCUT2D eigenvalue weighted by Crippen LogP contribution is 2.02. The Balaban J connectivity index is 3.46. The van der Waals surface area contributed by atoms with Crippen LogP contribution in [0.3, 0.4) is 0 Å². The molecule has 78 valence electrons. The number of alkyl carbamates (subject to hydrolysis) is 1. The SMILES string of the molecule is CSCC(C)CNC(=O)OC(C)C. The van der Waals surface area contributed by atoms with Crippen LogP contribution in [0.2, 0.25) is 0 Å². The Morgan fingerprint density at radius 3 is 2.54 bits per heavy atom. The monoisotopic (exact) mass is 205 g/mol. The van der Waals surface area contributed by atoms with Crippen molar-refractivity contribution >= 4 is 17.9 Å². The van der Waals surface area contributed by atoms with Gasteiger partial charge in [0.15, 0.2) is 0 Å². The zero-order valence-electron chi connectivity index (χ0n) is 8.79. The van der Waals surface area contributed by atoms with Crippen LogP contribution in [0, 0.1) is 5.92 Å². The first-order valence-electron chi connectivity index (χ1n) is 4.49. The summed E-state index contributed by atoms with van der Waals surface area (Å²) in [7, 11) is 0. The van der Waals surface area contributed by atoms with Gasteiger partial charge in [0.1, 0.15) is 0 Å². The fraction of sp³-hybridized carbons (Fsp3) is 0.889. The van der Waals surface area contributed by atoms with Crippen molar-refractivity contribution in [1.82, 2.24) is 5.32 Å². The quantitative estimate of drug-likeness (QED) is 0.747. The summed E-state index contributed by atoms with van der Waals surface area (Å²) in [6, 6.07) is 0. The van der Waals surface area contributed by atoms with Gasteiger partial charge < -0.3 is 10.1 Å². The normalized spacial score (nSPS) is 12.7. The molecule has 3 nitrogen and oxygen atoms in total. The van der Waals surface area contributed by atoms with E-state index >= 15 is 0 Å². The summed E-state index contributed by atoms with van der Waals surface area (Å²) in [5.74, 6) is 1.55. The molecule has 0 aliphatic heterocycles. The van der Waals surface area contributed by atoms with Crippen molar-refractivity contribution in [1.29, 1.82) is 0 Å². The van der Waals surface area contributed by atoms with Crippen LogP contribution in [-0.4, -0.2) is 30.8 Å². The minimum atomic E-state index is -0.317. The lowest BCUT2D eigenvalue weighted by atomic mass is 10.2. The van der Waals surface area contributed by atoms with Crippen LogP contribution in [0.15, 0.2) is 0 Å². The Labute approximate surface area is 84.6 Å². The molecule has 4 heteroatoms. The molecule has 0 aromatic rings. The Morgan fingerprint density at radius 1 is 1.46 bits per heavy atom. The number of ether oxygens (including phenoxy) is 1. The molecule has 0 heterocycles. The highest BCUT2D eigenvalue weighted by molar-refractivity contribution is 7.98. The maximum absolute atomic E-state index is 11.0. The van der Waals surface area contributed by atoms with E-state index in [4.69, 9.17) is 4.74 Å². The second kappa shape index (κ2) is 7.06. The van der Waals surface area contributed by atoms with E-state index in [0.29, 0.717) is 12.5 Å². The van der Waals surface area contributed by atoms with Crippen molar-refractivity contribution in [2.75, 3.05) is 18.6 Å². The maximum Gasteiger partial charge on any atom is 0.407 e. The molecule has 0 aliphatic carbocycles. The van der Waals surface area contributed by atoms with Crippen LogP contribution in [0.25, 0.3) is 0 Å². The smallest absolute Gasteiger partial charge is 0.407 e. The molecule has 0 fully saturated rings. The lowest BCUT2D eigenvalue weighted by Crippen LogP contribution is -2.31. The molecule has 0 aromatic carbocycles. The maximum atomic E-state index is 11.0. The van der Waals surface area contributed by atoms with Gasteiger partial charge in [0.05, 0.1) is 6.10 Å². The number of thioether (sulfide) groups is 1. The molecule has 1 amide bonds. The molecular formula is C9H19NO2S. The van der Waals surface area contributed by atoms with Gasteiger partial charge in [-0.25, -0.2) is 4.79 Å². The Morgan fingerprint density at radius 2 is 2.08 bits per heavy atom. The van der Waals surface area contributed by atoms with Gasteiger partial charge >= 0.3 is 6.09 Å². The van der Waals surface area contributed by atoms with Gasteiger partial charge in [-0.15, -0.1) is 0 Å². The summed E-state index contributed by atoms with van der Waals surface area (Å²) in [4.78, 5) is 11.0. The van der Waals surface area contributed by atoms with Crippen molar-refractivity contribution < 1.29 is 9.53 Å². The van der Waals surface area contributed by atoms with Crippen LogP contribution in [0.5, 0.6) is 0 Å². The van der Waals surface area contributed by atoms with Crippen molar-refractivity contribution in [3.05, 3.63) is 0 Å². The molecule has 1 atom stereocenters. The lowest BCUT2D eigenvalue weighted by molar-refractivity contribution is 0.115. The molecular weight excluding hydrogens is 186 g/mol. The van der Waals surface area contributed by atoms with Gasteiger partial charge in [-0.3, -0.25) is 0 Å². The minimum absolute atomic E-state index is 0.0455. The molecule has 0 bridgehead atoms. The van der Waals surface area contributed by atoms with Gasteiger partial charge in [0.2, 0.25) is 0 Å². The Hall–Kier alpha value is -0.380. The number of rotatable bonds is 5. The van der Waals surface area contributed by atoms with E-state index in [1.54, 1.807) is 11.8 Å². The zero-order chi connectivity index (χ0) is 10.3. The lowest BCUT2D eigenvalue weighted by Gasteiger charge is -2.12. The third-order valence-corrected chi connectivity index (χ3v) is 2.29. The molecule has 0 radical (unpaired) electrons. The van der Waals surface area contributed by atoms with E-state index in [0.717, 1.165) is 5.75 Å². The second-order valence-corrected chi connectivity index (χ2v) is 4.31. The van der Waals surface area contributed by atoms with Gasteiger partial charge in [0, 0.05) is 6.54 Å². The van der Waals surface area contributed by atoms with Crippen molar-refractivity contribution in [2.24, 2.45) is 5.92 Å². The molecule has 13 heavy (non-hydrogen) atoms. The predicted molar refractivity (Wildman–Crippen MR) is 57.2 cm³/mol. The number of carbonyl (C=O) groups is 1. The fourth-order valence-corrected chi connectivity index (χ4v) is 1.54. The minimum Gasteiger partial charge on any atom is -0.447 e. The summed E-state index contributed by atoms with van der Waals surface area (Å²) in [5, 5.41) is 2.72. The van der Waals surface area contributed by atoms with Crippen LogP contribution < -0.4 is 5.32 Å². The number of nitrogens with one attached hydrogen (secondary N) is 1. The average Bonchev–Trinajstić information content (AvgIpc) is 2.00. The highest BCUT2D eigenvalue weighted by Gasteiger charge is 2.06. The number of hydrogen-bond acceptors (Lipinski definition) is 3. The summed E-state index contributed by atoms with van der Waals surface area (Å²) in [6.45, 7) is 6.47. The highest BCUT2D eigenvalue weighted by atomic mass is 32.2. The van der Waals surface area contributed by atoms with Crippen LogP contribution >= 0.6 is 11.8 Å². The number of carbonyl (C=O) groups excluding carboxylic acids is 1. The van der Waals surface area contributed by atoms with Crippen molar-refractivity contribution in [3.8, 4) is 0 Å². The van der Waals surface area contributed by atoms with Crippen molar-refractivity contribution in [2.45, 2.75) is 26.9 Å². The van der Waals surface area contributed by atoms with E-state index in [1.807, 2.05) is 13.8 Å². The average molecular weight is 205 g/mol. The molecule has 0 saturated carbocycles. The topological polar surface area (TPSA) is 38.3 Å². The summed E-state index contributed by atoms with van der Waals surface area (Å²) in [5.41, 5.74) is 0. The van der Waals surface area contributed by atoms with Crippen molar-refractivity contribution in [3.63, 3.8) is 0 Å². The van der Waals surface area contributed by atoms with Crippen LogP contribution in [0.1, 0.15) is 20.8 Å². The third-order valence-electron chi connectivity index (χ3n) is 1.39. The first kappa shape index (κ1) is 12.6. The summed E-state index contributed by atoms with van der Waals surface area (Å²) < 4.78 is 4.92. The van der Waals surface area contributed by atoms with Gasteiger partial charge in [0.25, 0.3) is 0 Å². The summed E-state index contributed by atoms with van der Waals surface area (Å²) in [6.07, 6.45) is 1.70. The predicted octanol–water partition coefficient (Wildman–Crippen LogP) is 2.12. The molecule has 0 saturated heterocycles. The number of amides is 1. The zero-order valence-corrected chi connectivity index (χ0v) is 9.61. The molecule has 0 aliphatic rings. The fourth-order valence-electron chi connectivity index (χ4n) is 0.857. The first-order chi connectivity index (χ1) is 6.06. The third kappa shape index (κ3) is 7.96. The van der Waals surface area contributed by atoms with Crippen LogP contribution in [0.4, 0.5) is 4.79 Å². The molecule has 1 unspecified atom stereocenters. The van der Waals surface area contributed by atoms with Gasteiger partial charge in [-0.05, 0) is 31.8 Å². The molecule has 1 N–H and O–H groups in total. The molecule has 0 rings (SSSR count).